The number of carbonyl (C=O) groups excluding carboxylic acids is 2. The lowest BCUT2D eigenvalue weighted by Crippen LogP contribution is -2.28. The fourth-order valence-corrected chi connectivity index (χ4v) is 3.95. The minimum absolute atomic E-state index is 0.0770. The Bertz CT molecular complexity index is 960. The molecular formula is C21H20N4O2S. The molecule has 1 aliphatic heterocycles. The molecule has 6 nitrogen and oxygen atoms in total. The second-order valence-electron chi connectivity index (χ2n) is 6.60. The maximum Gasteiger partial charge on any atom is 0.320 e. The number of nitrogens with one attached hydrogen (secondary N) is 2. The molecule has 0 radical (unpaired) electrons. The van der Waals surface area contributed by atoms with Crippen molar-refractivity contribution in [3.8, 4) is 0 Å². The molecule has 2 N–H and O–H groups in total. The summed E-state index contributed by atoms with van der Waals surface area (Å²) < 4.78 is 0. The predicted octanol–water partition coefficient (Wildman–Crippen LogP) is 3.99. The zero-order chi connectivity index (χ0) is 19.3. The molecule has 1 aromatic carbocycles. The van der Waals surface area contributed by atoms with Gasteiger partial charge in [0.05, 0.1) is 6.54 Å². The van der Waals surface area contributed by atoms with Crippen molar-refractivity contribution < 1.29 is 9.59 Å². The summed E-state index contributed by atoms with van der Waals surface area (Å²) in [7, 11) is 0. The molecule has 3 heterocycles. The average molecular weight is 392 g/mol. The highest BCUT2D eigenvalue weighted by Gasteiger charge is 2.31. The second kappa shape index (κ2) is 8.22. The van der Waals surface area contributed by atoms with Crippen molar-refractivity contribution >= 4 is 34.8 Å². The van der Waals surface area contributed by atoms with Crippen LogP contribution >= 0.6 is 11.3 Å². The van der Waals surface area contributed by atoms with Crippen molar-refractivity contribution in [2.45, 2.75) is 18.9 Å². The summed E-state index contributed by atoms with van der Waals surface area (Å²) in [6.45, 7) is 1.09. The van der Waals surface area contributed by atoms with E-state index in [0.29, 0.717) is 25.3 Å². The Balaban J connectivity index is 1.40. The maximum atomic E-state index is 12.5. The Kier molecular flexibility index (Phi) is 5.34. The minimum Gasteiger partial charge on any atom is -0.333 e. The number of hydrogen-bond donors (Lipinski definition) is 2. The first-order valence-electron chi connectivity index (χ1n) is 9.07. The SMILES string of the molecule is O=C(NCc1cccs1)Nc1cc(N2C[C@H](c3ccccc3)CC2=O)ccn1. The van der Waals surface area contributed by atoms with Gasteiger partial charge >= 0.3 is 6.03 Å². The molecule has 0 saturated carbocycles. The number of carbonyl (C=O) groups is 2. The molecule has 28 heavy (non-hydrogen) atoms. The topological polar surface area (TPSA) is 74.3 Å². The largest absolute Gasteiger partial charge is 0.333 e. The first-order chi connectivity index (χ1) is 13.7. The smallest absolute Gasteiger partial charge is 0.320 e. The lowest BCUT2D eigenvalue weighted by Gasteiger charge is -2.17. The van der Waals surface area contributed by atoms with Gasteiger partial charge in [-0.15, -0.1) is 11.3 Å². The molecular weight excluding hydrogens is 372 g/mol. The number of aromatic nitrogens is 1. The van der Waals surface area contributed by atoms with Gasteiger partial charge in [0.1, 0.15) is 5.82 Å². The van der Waals surface area contributed by atoms with E-state index in [4.69, 9.17) is 0 Å². The van der Waals surface area contributed by atoms with Gasteiger partial charge in [-0.25, -0.2) is 9.78 Å². The monoisotopic (exact) mass is 392 g/mol. The maximum absolute atomic E-state index is 12.5. The molecule has 2 aromatic heterocycles. The minimum atomic E-state index is -0.326. The first kappa shape index (κ1) is 18.2. The van der Waals surface area contributed by atoms with E-state index in [-0.39, 0.29) is 17.9 Å². The zero-order valence-corrected chi connectivity index (χ0v) is 16.0. The van der Waals surface area contributed by atoms with Gasteiger partial charge in [-0.1, -0.05) is 36.4 Å². The third-order valence-corrected chi connectivity index (χ3v) is 5.57. The molecule has 0 spiro atoms. The summed E-state index contributed by atoms with van der Waals surface area (Å²) in [6.07, 6.45) is 2.09. The number of benzene rings is 1. The number of rotatable bonds is 5. The van der Waals surface area contributed by atoms with Crippen LogP contribution < -0.4 is 15.5 Å². The van der Waals surface area contributed by atoms with Crippen LogP contribution in [0.2, 0.25) is 0 Å². The van der Waals surface area contributed by atoms with Gasteiger partial charge in [-0.05, 0) is 23.1 Å². The van der Waals surface area contributed by atoms with Gasteiger partial charge < -0.3 is 10.2 Å². The lowest BCUT2D eigenvalue weighted by atomic mass is 9.99. The standard InChI is InChI=1S/C21H20N4O2S/c26-20-11-16(15-5-2-1-3-6-15)14-25(20)17-8-9-22-19(12-17)24-21(27)23-13-18-7-4-10-28-18/h1-10,12,16H,11,13-14H2,(H2,22,23,24,27)/t16-/m1/s1. The van der Waals surface area contributed by atoms with E-state index >= 15 is 0 Å². The lowest BCUT2D eigenvalue weighted by molar-refractivity contribution is -0.117. The third kappa shape index (κ3) is 4.20. The predicted molar refractivity (Wildman–Crippen MR) is 111 cm³/mol. The highest BCUT2D eigenvalue weighted by atomic mass is 32.1. The van der Waals surface area contributed by atoms with Crippen LogP contribution in [-0.2, 0) is 11.3 Å². The van der Waals surface area contributed by atoms with Crippen molar-refractivity contribution in [2.24, 2.45) is 0 Å². The Morgan fingerprint density at radius 1 is 1.18 bits per heavy atom. The van der Waals surface area contributed by atoms with Crippen LogP contribution in [0.25, 0.3) is 0 Å². The van der Waals surface area contributed by atoms with Crippen molar-refractivity contribution in [2.75, 3.05) is 16.8 Å². The van der Waals surface area contributed by atoms with Crippen LogP contribution in [0, 0.1) is 0 Å². The molecule has 1 atom stereocenters. The Hall–Kier alpha value is -3.19. The van der Waals surface area contributed by atoms with E-state index in [1.54, 1.807) is 34.6 Å². The van der Waals surface area contributed by atoms with Crippen LogP contribution in [0.5, 0.6) is 0 Å². The summed E-state index contributed by atoms with van der Waals surface area (Å²) >= 11 is 1.59. The average Bonchev–Trinajstić information content (AvgIpc) is 3.37. The number of urea groups is 1. The highest BCUT2D eigenvalue weighted by Crippen LogP contribution is 2.32. The molecule has 142 valence electrons. The molecule has 1 fully saturated rings. The van der Waals surface area contributed by atoms with Crippen molar-refractivity contribution in [3.05, 3.63) is 76.6 Å². The number of anilines is 2. The van der Waals surface area contributed by atoms with Crippen LogP contribution in [0.3, 0.4) is 0 Å². The molecule has 1 aliphatic rings. The number of pyridine rings is 1. The number of nitrogens with zero attached hydrogens (tertiary/aromatic N) is 2. The number of thiophene rings is 1. The van der Waals surface area contributed by atoms with Gasteiger partial charge in [0.15, 0.2) is 0 Å². The van der Waals surface area contributed by atoms with E-state index < -0.39 is 0 Å². The highest BCUT2D eigenvalue weighted by molar-refractivity contribution is 7.09. The summed E-state index contributed by atoms with van der Waals surface area (Å²) in [4.78, 5) is 31.7. The van der Waals surface area contributed by atoms with Crippen molar-refractivity contribution in [1.29, 1.82) is 0 Å². The Morgan fingerprint density at radius 3 is 2.82 bits per heavy atom. The first-order valence-corrected chi connectivity index (χ1v) is 9.95. The second-order valence-corrected chi connectivity index (χ2v) is 7.63. The van der Waals surface area contributed by atoms with Crippen LogP contribution in [0.15, 0.2) is 66.2 Å². The fraction of sp³-hybridized carbons (Fsp3) is 0.190. The molecule has 0 bridgehead atoms. The van der Waals surface area contributed by atoms with Crippen molar-refractivity contribution in [3.63, 3.8) is 0 Å². The van der Waals surface area contributed by atoms with E-state index in [1.807, 2.05) is 35.7 Å². The summed E-state index contributed by atoms with van der Waals surface area (Å²) in [5.74, 6) is 0.664. The zero-order valence-electron chi connectivity index (χ0n) is 15.2. The third-order valence-electron chi connectivity index (χ3n) is 4.70. The molecule has 0 unspecified atom stereocenters. The van der Waals surface area contributed by atoms with Crippen molar-refractivity contribution in [1.82, 2.24) is 10.3 Å². The van der Waals surface area contributed by atoms with Crippen LogP contribution in [0.4, 0.5) is 16.3 Å². The molecule has 3 amide bonds. The van der Waals surface area contributed by atoms with E-state index in [2.05, 4.69) is 27.8 Å². The molecule has 4 rings (SSSR count). The Morgan fingerprint density at radius 2 is 2.04 bits per heavy atom. The van der Waals surface area contributed by atoms with Crippen LogP contribution in [0.1, 0.15) is 22.8 Å². The quantitative estimate of drug-likeness (QED) is 0.690. The molecule has 0 aliphatic carbocycles. The molecule has 7 heteroatoms. The summed E-state index contributed by atoms with van der Waals surface area (Å²) in [6, 6.07) is 17.2. The van der Waals surface area contributed by atoms with E-state index in [1.165, 1.54) is 5.56 Å². The summed E-state index contributed by atoms with van der Waals surface area (Å²) in [5, 5.41) is 7.50. The summed E-state index contributed by atoms with van der Waals surface area (Å²) in [5.41, 5.74) is 1.91. The van der Waals surface area contributed by atoms with E-state index in [0.717, 1.165) is 10.6 Å². The van der Waals surface area contributed by atoms with Gasteiger partial charge in [0.2, 0.25) is 5.91 Å². The molecule has 1 saturated heterocycles. The van der Waals surface area contributed by atoms with Gasteiger partial charge in [-0.2, -0.15) is 0 Å². The number of hydrogen-bond acceptors (Lipinski definition) is 4. The Labute approximate surface area is 167 Å². The fourth-order valence-electron chi connectivity index (χ4n) is 3.30. The normalized spacial score (nSPS) is 16.2. The number of amides is 3. The van der Waals surface area contributed by atoms with Gasteiger partial charge in [-0.3, -0.25) is 10.1 Å². The van der Waals surface area contributed by atoms with Gasteiger partial charge in [0, 0.05) is 41.7 Å². The van der Waals surface area contributed by atoms with Gasteiger partial charge in [0.25, 0.3) is 0 Å². The van der Waals surface area contributed by atoms with E-state index in [9.17, 15) is 9.59 Å². The molecule has 3 aromatic rings. The van der Waals surface area contributed by atoms with Crippen LogP contribution in [-0.4, -0.2) is 23.5 Å².